The zero-order chi connectivity index (χ0) is 20.4. The van der Waals surface area contributed by atoms with Crippen LogP contribution < -0.4 is 10.2 Å². The molecule has 0 aliphatic carbocycles. The minimum Gasteiger partial charge on any atom is -0.361 e. The molecule has 1 saturated heterocycles. The second-order valence-electron chi connectivity index (χ2n) is 7.29. The topological polar surface area (TPSA) is 93.3 Å². The Labute approximate surface area is 168 Å². The van der Waals surface area contributed by atoms with Crippen molar-refractivity contribution in [2.75, 3.05) is 11.6 Å². The molecule has 3 heterocycles. The van der Waals surface area contributed by atoms with Gasteiger partial charge in [0.1, 0.15) is 11.8 Å². The number of hydrogen-bond acceptors (Lipinski definition) is 7. The standard InChI is InChI=1S/C21H23N5O3/c1-14-18(15(2)29-24-14)11-25-10-17(9-23-25)26-13-22-19(21(26)20(28)12-27)8-16-6-4-3-5-7-16/h3-7,9-10,12,19,21-22H,8,11,13H2,1-2H3. The van der Waals surface area contributed by atoms with E-state index in [0.717, 1.165) is 28.3 Å². The number of nitrogens with one attached hydrogen (secondary N) is 1. The van der Waals surface area contributed by atoms with Gasteiger partial charge >= 0.3 is 0 Å². The molecule has 2 aromatic heterocycles. The van der Waals surface area contributed by atoms with Gasteiger partial charge in [-0.05, 0) is 25.8 Å². The van der Waals surface area contributed by atoms with Gasteiger partial charge < -0.3 is 9.42 Å². The van der Waals surface area contributed by atoms with Gasteiger partial charge in [0.15, 0.2) is 6.29 Å². The number of aryl methyl sites for hydroxylation is 2. The van der Waals surface area contributed by atoms with Gasteiger partial charge in [-0.2, -0.15) is 5.10 Å². The van der Waals surface area contributed by atoms with Crippen LogP contribution in [0.25, 0.3) is 0 Å². The maximum atomic E-state index is 12.5. The maximum absolute atomic E-state index is 12.5. The van der Waals surface area contributed by atoms with Gasteiger partial charge in [-0.25, -0.2) is 0 Å². The Morgan fingerprint density at radius 2 is 2.10 bits per heavy atom. The van der Waals surface area contributed by atoms with Crippen LogP contribution in [0.4, 0.5) is 5.69 Å². The fraction of sp³-hybridized carbons (Fsp3) is 0.333. The SMILES string of the molecule is Cc1noc(C)c1Cn1cc(N2CNC(Cc3ccccc3)C2C(=O)C=O)cn1. The number of rotatable bonds is 7. The first-order valence-corrected chi connectivity index (χ1v) is 9.54. The predicted molar refractivity (Wildman–Crippen MR) is 107 cm³/mol. The first-order chi connectivity index (χ1) is 14.1. The summed E-state index contributed by atoms with van der Waals surface area (Å²) in [6.07, 6.45) is 4.67. The Morgan fingerprint density at radius 1 is 1.31 bits per heavy atom. The van der Waals surface area contributed by atoms with E-state index in [1.807, 2.05) is 55.3 Å². The highest BCUT2D eigenvalue weighted by Gasteiger charge is 2.39. The van der Waals surface area contributed by atoms with Gasteiger partial charge in [-0.15, -0.1) is 0 Å². The van der Waals surface area contributed by atoms with Crippen molar-refractivity contribution in [2.24, 2.45) is 0 Å². The molecule has 2 unspecified atom stereocenters. The van der Waals surface area contributed by atoms with E-state index < -0.39 is 11.8 Å². The third kappa shape index (κ3) is 3.84. The normalized spacial score (nSPS) is 18.9. The molecule has 1 aliphatic rings. The van der Waals surface area contributed by atoms with E-state index in [1.54, 1.807) is 10.9 Å². The van der Waals surface area contributed by atoms with Crippen LogP contribution in [0.5, 0.6) is 0 Å². The lowest BCUT2D eigenvalue weighted by molar-refractivity contribution is -0.130. The molecular formula is C21H23N5O3. The van der Waals surface area contributed by atoms with E-state index in [-0.39, 0.29) is 6.04 Å². The minimum absolute atomic E-state index is 0.152. The number of ketones is 1. The van der Waals surface area contributed by atoms with Gasteiger partial charge in [0, 0.05) is 17.8 Å². The third-order valence-electron chi connectivity index (χ3n) is 5.40. The van der Waals surface area contributed by atoms with Crippen LogP contribution in [-0.2, 0) is 22.6 Å². The number of carbonyl (C=O) groups excluding carboxylic acids is 2. The number of Topliss-reactive ketones (excluding diaryl/α,β-unsaturated/α-hetero) is 1. The number of carbonyl (C=O) groups is 2. The molecule has 2 atom stereocenters. The molecule has 4 rings (SSSR count). The molecule has 0 amide bonds. The number of hydrogen-bond donors (Lipinski definition) is 1. The summed E-state index contributed by atoms with van der Waals surface area (Å²) in [7, 11) is 0. The molecule has 0 radical (unpaired) electrons. The average molecular weight is 393 g/mol. The molecule has 0 saturated carbocycles. The first-order valence-electron chi connectivity index (χ1n) is 9.54. The molecule has 1 aliphatic heterocycles. The van der Waals surface area contributed by atoms with Crippen molar-refractivity contribution in [1.82, 2.24) is 20.3 Å². The lowest BCUT2D eigenvalue weighted by Gasteiger charge is -2.24. The van der Waals surface area contributed by atoms with Crippen molar-refractivity contribution in [2.45, 2.75) is 38.9 Å². The van der Waals surface area contributed by atoms with Crippen LogP contribution in [0.15, 0.2) is 47.2 Å². The Balaban J connectivity index is 1.55. The maximum Gasteiger partial charge on any atom is 0.219 e. The van der Waals surface area contributed by atoms with E-state index in [0.29, 0.717) is 25.9 Å². The summed E-state index contributed by atoms with van der Waals surface area (Å²) in [6.45, 7) is 4.77. The lowest BCUT2D eigenvalue weighted by Crippen LogP contribution is -2.44. The first kappa shape index (κ1) is 19.1. The largest absolute Gasteiger partial charge is 0.361 e. The molecule has 1 N–H and O–H groups in total. The zero-order valence-electron chi connectivity index (χ0n) is 16.4. The molecule has 29 heavy (non-hydrogen) atoms. The Hall–Kier alpha value is -3.26. The molecule has 1 fully saturated rings. The van der Waals surface area contributed by atoms with Crippen LogP contribution in [0.1, 0.15) is 22.6 Å². The fourth-order valence-electron chi connectivity index (χ4n) is 3.85. The molecule has 150 valence electrons. The van der Waals surface area contributed by atoms with Crippen LogP contribution in [0, 0.1) is 13.8 Å². The molecule has 3 aromatic rings. The molecule has 0 spiro atoms. The second kappa shape index (κ2) is 8.00. The van der Waals surface area contributed by atoms with Gasteiger partial charge in [-0.3, -0.25) is 19.6 Å². The number of benzene rings is 1. The van der Waals surface area contributed by atoms with E-state index in [2.05, 4.69) is 15.6 Å². The highest BCUT2D eigenvalue weighted by atomic mass is 16.5. The summed E-state index contributed by atoms with van der Waals surface area (Å²) in [4.78, 5) is 25.7. The molecule has 1 aromatic carbocycles. The van der Waals surface area contributed by atoms with Crippen LogP contribution in [0.3, 0.4) is 0 Å². The van der Waals surface area contributed by atoms with Crippen molar-refractivity contribution >= 4 is 17.8 Å². The smallest absolute Gasteiger partial charge is 0.219 e. The summed E-state index contributed by atoms with van der Waals surface area (Å²) >= 11 is 0. The van der Waals surface area contributed by atoms with Crippen molar-refractivity contribution < 1.29 is 14.1 Å². The number of anilines is 1. The van der Waals surface area contributed by atoms with E-state index in [4.69, 9.17) is 4.52 Å². The summed E-state index contributed by atoms with van der Waals surface area (Å²) in [5, 5.41) is 11.8. The lowest BCUT2D eigenvalue weighted by atomic mass is 9.97. The molecule has 0 bridgehead atoms. The molecule has 8 nitrogen and oxygen atoms in total. The number of aromatic nitrogens is 3. The average Bonchev–Trinajstić information content (AvgIpc) is 3.44. The summed E-state index contributed by atoms with van der Waals surface area (Å²) in [5.74, 6) is 0.328. The minimum atomic E-state index is -0.565. The Bertz CT molecular complexity index is 991. The van der Waals surface area contributed by atoms with Crippen LogP contribution in [0.2, 0.25) is 0 Å². The van der Waals surface area contributed by atoms with Crippen molar-refractivity contribution in [1.29, 1.82) is 0 Å². The van der Waals surface area contributed by atoms with E-state index in [9.17, 15) is 9.59 Å². The highest BCUT2D eigenvalue weighted by Crippen LogP contribution is 2.25. The van der Waals surface area contributed by atoms with E-state index in [1.165, 1.54) is 0 Å². The Kier molecular flexibility index (Phi) is 5.26. The number of aldehydes is 1. The van der Waals surface area contributed by atoms with E-state index >= 15 is 0 Å². The molecule has 8 heteroatoms. The monoisotopic (exact) mass is 393 g/mol. The summed E-state index contributed by atoms with van der Waals surface area (Å²) < 4.78 is 7.00. The summed E-state index contributed by atoms with van der Waals surface area (Å²) in [5.41, 5.74) is 3.73. The third-order valence-corrected chi connectivity index (χ3v) is 5.40. The predicted octanol–water partition coefficient (Wildman–Crippen LogP) is 1.65. The van der Waals surface area contributed by atoms with Gasteiger partial charge in [0.2, 0.25) is 5.78 Å². The summed E-state index contributed by atoms with van der Waals surface area (Å²) in [6, 6.07) is 9.22. The quantitative estimate of drug-likeness (QED) is 0.482. The zero-order valence-corrected chi connectivity index (χ0v) is 16.4. The van der Waals surface area contributed by atoms with Gasteiger partial charge in [0.25, 0.3) is 0 Å². The second-order valence-corrected chi connectivity index (χ2v) is 7.29. The van der Waals surface area contributed by atoms with Gasteiger partial charge in [-0.1, -0.05) is 35.5 Å². The van der Waals surface area contributed by atoms with Crippen LogP contribution >= 0.6 is 0 Å². The molecular weight excluding hydrogens is 370 g/mol. The Morgan fingerprint density at radius 3 is 2.79 bits per heavy atom. The fourth-order valence-corrected chi connectivity index (χ4v) is 3.85. The highest BCUT2D eigenvalue weighted by molar-refractivity contribution is 6.28. The van der Waals surface area contributed by atoms with Crippen LogP contribution in [-0.4, -0.2) is 45.8 Å². The van der Waals surface area contributed by atoms with Gasteiger partial charge in [0.05, 0.1) is 30.8 Å². The van der Waals surface area contributed by atoms with Crippen molar-refractivity contribution in [3.8, 4) is 0 Å². The van der Waals surface area contributed by atoms with Crippen molar-refractivity contribution in [3.63, 3.8) is 0 Å². The number of nitrogens with zero attached hydrogens (tertiary/aromatic N) is 4. The van der Waals surface area contributed by atoms with Crippen molar-refractivity contribution in [3.05, 3.63) is 65.3 Å².